The Morgan fingerprint density at radius 2 is 2.03 bits per heavy atom. The number of hydrogen-bond acceptors (Lipinski definition) is 6. The molecule has 0 radical (unpaired) electrons. The second kappa shape index (κ2) is 11.7. The molecule has 1 aliphatic heterocycles. The zero-order chi connectivity index (χ0) is 25.7. The molecule has 0 amide bonds. The molecule has 3 aromatic rings. The van der Waals surface area contributed by atoms with Gasteiger partial charge in [-0.1, -0.05) is 30.3 Å². The van der Waals surface area contributed by atoms with Gasteiger partial charge in [-0.05, 0) is 67.7 Å². The van der Waals surface area contributed by atoms with E-state index in [1.54, 1.807) is 18.2 Å². The van der Waals surface area contributed by atoms with Crippen LogP contribution in [0.4, 0.5) is 17.2 Å². The van der Waals surface area contributed by atoms with Gasteiger partial charge in [-0.25, -0.2) is 0 Å². The van der Waals surface area contributed by atoms with Crippen LogP contribution in [0, 0.1) is 16.0 Å². The molecule has 0 bridgehead atoms. The summed E-state index contributed by atoms with van der Waals surface area (Å²) in [6.45, 7) is 2.92. The largest absolute Gasteiger partial charge is 0.516 e. The molecule has 2 aromatic carbocycles. The summed E-state index contributed by atoms with van der Waals surface area (Å²) >= 11 is 6.32. The second-order valence-electron chi connectivity index (χ2n) is 9.08. The molecular formula is C26H29ClN4O4S. The Kier molecular flexibility index (Phi) is 8.43. The Bertz CT molecular complexity index is 1260. The molecule has 1 fully saturated rings. The maximum Gasteiger partial charge on any atom is 0.269 e. The number of benzene rings is 2. The summed E-state index contributed by atoms with van der Waals surface area (Å²) in [4.78, 5) is 11.2. The average Bonchev–Trinajstić information content (AvgIpc) is 3.51. The molecule has 1 saturated carbocycles. The van der Waals surface area contributed by atoms with Crippen LogP contribution in [0.2, 0.25) is 5.02 Å². The highest BCUT2D eigenvalue weighted by Crippen LogP contribution is 2.40. The zero-order valence-corrected chi connectivity index (χ0v) is 21.4. The quantitative estimate of drug-likeness (QED) is 0.189. The minimum absolute atomic E-state index is 0.133. The molecule has 2 aliphatic rings. The fourth-order valence-corrected chi connectivity index (χ4v) is 6.89. The van der Waals surface area contributed by atoms with E-state index in [0.29, 0.717) is 22.6 Å². The number of aromatic nitrogens is 2. The number of nitro benzene ring substituents is 1. The summed E-state index contributed by atoms with van der Waals surface area (Å²) in [5.41, 5.74) is 4.34. The van der Waals surface area contributed by atoms with Crippen molar-refractivity contribution in [2.45, 2.75) is 49.3 Å². The summed E-state index contributed by atoms with van der Waals surface area (Å²) in [6.07, 6.45) is 6.71. The smallest absolute Gasteiger partial charge is 0.269 e. The van der Waals surface area contributed by atoms with Crippen molar-refractivity contribution in [3.63, 3.8) is 0 Å². The molecule has 3 unspecified atom stereocenters. The molecule has 0 saturated heterocycles. The number of aliphatic hydroxyl groups excluding tert-OH is 1. The highest BCUT2D eigenvalue weighted by molar-refractivity contribution is 7.85. The van der Waals surface area contributed by atoms with E-state index in [4.69, 9.17) is 16.7 Å². The zero-order valence-electron chi connectivity index (χ0n) is 19.8. The normalized spacial score (nSPS) is 20.6. The number of anilines is 2. The molecule has 10 heteroatoms. The number of nitrogens with zero attached hydrogens (tertiary/aromatic N) is 2. The van der Waals surface area contributed by atoms with Crippen molar-refractivity contribution in [3.05, 3.63) is 87.3 Å². The standard InChI is InChI=1S/C24H25ClN4O3S.C2H4O/c25-20-9-10-21(19-2-1-11-33(32)24(19)20)26-23-14-22(27-28-23)17-6-3-16(13-17)12-15-4-7-18(8-5-15)29(30)31;1-2-3/h4-5,7-10,14,16-17H,1-3,6,11-13H2,(H2,26,27,28);2-3H,1H2. The molecule has 8 nitrogen and oxygen atoms in total. The fourth-order valence-electron chi connectivity index (χ4n) is 5.07. The van der Waals surface area contributed by atoms with Gasteiger partial charge in [0.1, 0.15) is 0 Å². The number of aliphatic hydroxyl groups is 1. The van der Waals surface area contributed by atoms with Gasteiger partial charge in [0.2, 0.25) is 0 Å². The van der Waals surface area contributed by atoms with Gasteiger partial charge in [-0.15, -0.1) is 0 Å². The maximum absolute atomic E-state index is 12.4. The topological polar surface area (TPSA) is 121 Å². The molecule has 1 aliphatic carbocycles. The van der Waals surface area contributed by atoms with Crippen molar-refractivity contribution in [2.75, 3.05) is 11.1 Å². The molecule has 2 heterocycles. The molecule has 36 heavy (non-hydrogen) atoms. The first-order valence-corrected chi connectivity index (χ1v) is 13.6. The van der Waals surface area contributed by atoms with Gasteiger partial charge in [0.05, 0.1) is 31.9 Å². The van der Waals surface area contributed by atoms with Crippen LogP contribution in [0.15, 0.2) is 60.2 Å². The van der Waals surface area contributed by atoms with Crippen LogP contribution < -0.4 is 5.32 Å². The van der Waals surface area contributed by atoms with E-state index >= 15 is 0 Å². The first-order chi connectivity index (χ1) is 17.4. The van der Waals surface area contributed by atoms with Gasteiger partial charge < -0.3 is 10.4 Å². The molecule has 3 N–H and O–H groups in total. The van der Waals surface area contributed by atoms with E-state index in [1.165, 1.54) is 0 Å². The predicted octanol–water partition coefficient (Wildman–Crippen LogP) is 6.58. The van der Waals surface area contributed by atoms with E-state index < -0.39 is 10.8 Å². The van der Waals surface area contributed by atoms with Crippen molar-refractivity contribution in [2.24, 2.45) is 5.92 Å². The van der Waals surface area contributed by atoms with E-state index in [0.717, 1.165) is 78.0 Å². The van der Waals surface area contributed by atoms with Gasteiger partial charge in [-0.3, -0.25) is 19.4 Å². The third-order valence-electron chi connectivity index (χ3n) is 6.71. The number of rotatable bonds is 6. The Hall–Kier alpha value is -3.17. The summed E-state index contributed by atoms with van der Waals surface area (Å²) < 4.78 is 12.4. The van der Waals surface area contributed by atoms with Gasteiger partial charge in [0, 0.05) is 41.3 Å². The van der Waals surface area contributed by atoms with Crippen molar-refractivity contribution < 1.29 is 14.2 Å². The lowest BCUT2D eigenvalue weighted by Gasteiger charge is -2.20. The van der Waals surface area contributed by atoms with Crippen molar-refractivity contribution in [3.8, 4) is 0 Å². The van der Waals surface area contributed by atoms with Crippen molar-refractivity contribution in [1.29, 1.82) is 0 Å². The fraction of sp³-hybridized carbons (Fsp3) is 0.346. The number of aromatic amines is 1. The van der Waals surface area contributed by atoms with Crippen molar-refractivity contribution >= 4 is 39.6 Å². The second-order valence-corrected chi connectivity index (χ2v) is 11.0. The summed E-state index contributed by atoms with van der Waals surface area (Å²) in [5, 5.41) is 29.8. The maximum atomic E-state index is 12.4. The van der Waals surface area contributed by atoms with Crippen LogP contribution in [0.25, 0.3) is 0 Å². The Balaban J connectivity index is 0.000000967. The number of H-pyrrole nitrogens is 1. The predicted molar refractivity (Wildman–Crippen MR) is 143 cm³/mol. The lowest BCUT2D eigenvalue weighted by atomic mass is 9.95. The third-order valence-corrected chi connectivity index (χ3v) is 8.72. The van der Waals surface area contributed by atoms with Gasteiger partial charge in [0.25, 0.3) is 5.69 Å². The van der Waals surface area contributed by atoms with E-state index in [1.807, 2.05) is 18.2 Å². The Morgan fingerprint density at radius 3 is 2.75 bits per heavy atom. The van der Waals surface area contributed by atoms with Gasteiger partial charge >= 0.3 is 0 Å². The molecule has 5 rings (SSSR count). The molecule has 1 aromatic heterocycles. The summed E-state index contributed by atoms with van der Waals surface area (Å²) in [5.74, 6) is 2.38. The SMILES string of the molecule is C=CO.O=[N+]([O-])c1ccc(CC2CCC(c3cc(Nc4ccc(Cl)c5c4CCCS5=O)n[nH]3)C2)cc1. The van der Waals surface area contributed by atoms with E-state index in [2.05, 4.69) is 28.2 Å². The highest BCUT2D eigenvalue weighted by atomic mass is 35.5. The first kappa shape index (κ1) is 25.9. The van der Waals surface area contributed by atoms with E-state index in [-0.39, 0.29) is 10.6 Å². The molecule has 3 atom stereocenters. The van der Waals surface area contributed by atoms with Crippen LogP contribution in [0.5, 0.6) is 0 Å². The minimum Gasteiger partial charge on any atom is -0.516 e. The van der Waals surface area contributed by atoms with Crippen LogP contribution in [0.3, 0.4) is 0 Å². The van der Waals surface area contributed by atoms with Gasteiger partial charge in [0.15, 0.2) is 5.82 Å². The summed E-state index contributed by atoms with van der Waals surface area (Å²) in [7, 11) is -1.05. The number of fused-ring (bicyclic) bond motifs is 1. The first-order valence-electron chi connectivity index (χ1n) is 11.9. The molecule has 0 spiro atoms. The number of nitrogens with one attached hydrogen (secondary N) is 2. The minimum atomic E-state index is -1.05. The Labute approximate surface area is 217 Å². The Morgan fingerprint density at radius 1 is 1.28 bits per heavy atom. The number of halogens is 1. The monoisotopic (exact) mass is 528 g/mol. The summed E-state index contributed by atoms with van der Waals surface area (Å²) in [6, 6.07) is 12.7. The number of non-ortho nitro benzene ring substituents is 1. The van der Waals surface area contributed by atoms with Crippen molar-refractivity contribution in [1.82, 2.24) is 10.2 Å². The molecular weight excluding hydrogens is 500 g/mol. The van der Waals surface area contributed by atoms with Crippen LogP contribution in [-0.2, 0) is 23.6 Å². The van der Waals surface area contributed by atoms with Gasteiger partial charge in [-0.2, -0.15) is 5.10 Å². The van der Waals surface area contributed by atoms with Crippen LogP contribution >= 0.6 is 11.6 Å². The molecule has 190 valence electrons. The number of hydrogen-bond donors (Lipinski definition) is 3. The average molecular weight is 529 g/mol. The van der Waals surface area contributed by atoms with Crippen LogP contribution in [0.1, 0.15) is 48.4 Å². The van der Waals surface area contributed by atoms with Crippen LogP contribution in [-0.4, -0.2) is 30.2 Å². The number of nitro groups is 1. The lowest BCUT2D eigenvalue weighted by Crippen LogP contribution is -2.12. The lowest BCUT2D eigenvalue weighted by molar-refractivity contribution is -0.384. The van der Waals surface area contributed by atoms with E-state index in [9.17, 15) is 14.3 Å². The third kappa shape index (κ3) is 5.96. The highest BCUT2D eigenvalue weighted by Gasteiger charge is 2.28.